The van der Waals surface area contributed by atoms with Gasteiger partial charge in [0.25, 0.3) is 0 Å². The highest BCUT2D eigenvalue weighted by atomic mass is 15.0. The third kappa shape index (κ3) is 7.16. The molecular weight excluding hydrogens is 406 g/mol. The molecule has 33 heavy (non-hydrogen) atoms. The first-order valence-corrected chi connectivity index (χ1v) is 11.8. The molecule has 1 aromatic carbocycles. The summed E-state index contributed by atoms with van der Waals surface area (Å²) >= 11 is 0. The van der Waals surface area contributed by atoms with E-state index in [1.54, 1.807) is 12.4 Å². The van der Waals surface area contributed by atoms with Gasteiger partial charge in [-0.25, -0.2) is 0 Å². The minimum atomic E-state index is 0.565. The van der Waals surface area contributed by atoms with Crippen LogP contribution in [0.15, 0.2) is 77.2 Å². The smallest absolute Gasteiger partial charge is 0.0894 e. The van der Waals surface area contributed by atoms with Gasteiger partial charge in [0, 0.05) is 35.0 Å². The third-order valence-electron chi connectivity index (χ3n) is 6.28. The van der Waals surface area contributed by atoms with Gasteiger partial charge in [-0.15, -0.1) is 0 Å². The molecule has 0 saturated heterocycles. The molecule has 3 rings (SSSR count). The molecule has 174 valence electrons. The predicted molar refractivity (Wildman–Crippen MR) is 143 cm³/mol. The van der Waals surface area contributed by atoms with E-state index in [4.69, 9.17) is 4.99 Å². The summed E-state index contributed by atoms with van der Waals surface area (Å²) in [4.78, 5) is 12.2. The van der Waals surface area contributed by atoms with E-state index in [1.165, 1.54) is 59.8 Å². The number of aromatic amines is 1. The van der Waals surface area contributed by atoms with Crippen molar-refractivity contribution < 1.29 is 0 Å². The summed E-state index contributed by atoms with van der Waals surface area (Å²) in [6, 6.07) is 7.20. The lowest BCUT2D eigenvalue weighted by molar-refractivity contribution is 0.378. The third-order valence-corrected chi connectivity index (χ3v) is 6.28. The van der Waals surface area contributed by atoms with Crippen LogP contribution in [0.4, 0.5) is 0 Å². The molecule has 1 saturated carbocycles. The van der Waals surface area contributed by atoms with Crippen LogP contribution in [0, 0.1) is 13.8 Å². The molecule has 2 aromatic rings. The second kappa shape index (κ2) is 12.8. The summed E-state index contributed by atoms with van der Waals surface area (Å²) in [5, 5.41) is 7.92. The van der Waals surface area contributed by atoms with Crippen molar-refractivity contribution in [2.24, 2.45) is 9.98 Å². The van der Waals surface area contributed by atoms with Gasteiger partial charge in [-0.2, -0.15) is 0 Å². The molecule has 1 aliphatic rings. The molecule has 0 radical (unpaired) electrons. The number of nitrogens with zero attached hydrogens (tertiary/aromatic N) is 2. The maximum Gasteiger partial charge on any atom is 0.0894 e. The van der Waals surface area contributed by atoms with Gasteiger partial charge in [-0.1, -0.05) is 44.1 Å². The molecule has 1 fully saturated rings. The van der Waals surface area contributed by atoms with Gasteiger partial charge in [-0.3, -0.25) is 15.3 Å². The van der Waals surface area contributed by atoms with Crippen molar-refractivity contribution in [3.8, 4) is 0 Å². The largest absolute Gasteiger partial charge is 0.368 e. The molecule has 1 aliphatic carbocycles. The Morgan fingerprint density at radius 1 is 1.18 bits per heavy atom. The second-order valence-corrected chi connectivity index (χ2v) is 8.56. The fourth-order valence-electron chi connectivity index (χ4n) is 4.27. The molecule has 3 N–H and O–H groups in total. The number of rotatable bonds is 11. The Bertz CT molecular complexity index is 1060. The van der Waals surface area contributed by atoms with Crippen molar-refractivity contribution in [3.05, 3.63) is 84.0 Å². The lowest BCUT2D eigenvalue weighted by atomic mass is 9.96. The normalized spacial score (nSPS) is 16.2. The number of aliphatic imine (C=N–C) groups is 2. The zero-order chi connectivity index (χ0) is 23.5. The summed E-state index contributed by atoms with van der Waals surface area (Å²) in [7, 11) is 0. The lowest BCUT2D eigenvalue weighted by Gasteiger charge is -2.22. The van der Waals surface area contributed by atoms with Crippen LogP contribution in [0.3, 0.4) is 0 Å². The van der Waals surface area contributed by atoms with Crippen LogP contribution in [-0.4, -0.2) is 30.1 Å². The second-order valence-electron chi connectivity index (χ2n) is 8.56. The molecular formula is C28H37N5. The first-order chi connectivity index (χ1) is 16.1. The van der Waals surface area contributed by atoms with Crippen LogP contribution in [0.2, 0.25) is 0 Å². The first-order valence-electron chi connectivity index (χ1n) is 11.8. The van der Waals surface area contributed by atoms with Crippen LogP contribution in [-0.2, 0) is 6.42 Å². The fraction of sp³-hybridized carbons (Fsp3) is 0.357. The standard InChI is InChI=1S/C28H37N5/c1-5-30-18-15-24(13-11-23-12-14-26-21(2)22(3)33-28(26)19-23)27(16-17-29-4)32-20-31-25-9-7-6-8-10-25/h5,12-19,25,30-31,33H,1,4,6-11,20H2,2-3H3/b17-16-,18-15-,24-13+,32-27?. The topological polar surface area (TPSA) is 64.6 Å². The Labute approximate surface area is 198 Å². The van der Waals surface area contributed by atoms with Crippen LogP contribution in [0.25, 0.3) is 10.9 Å². The number of aryl methyl sites for hydroxylation is 2. The molecule has 1 heterocycles. The van der Waals surface area contributed by atoms with Crippen LogP contribution in [0.1, 0.15) is 48.9 Å². The van der Waals surface area contributed by atoms with Gasteiger partial charge in [0.1, 0.15) is 0 Å². The Morgan fingerprint density at radius 2 is 2.00 bits per heavy atom. The number of fused-ring (bicyclic) bond motifs is 1. The van der Waals surface area contributed by atoms with E-state index < -0.39 is 0 Å². The minimum Gasteiger partial charge on any atom is -0.368 e. The van der Waals surface area contributed by atoms with Crippen LogP contribution >= 0.6 is 0 Å². The van der Waals surface area contributed by atoms with Gasteiger partial charge in [-0.05, 0) is 80.9 Å². The molecule has 5 heteroatoms. The van der Waals surface area contributed by atoms with E-state index in [2.05, 4.69) is 72.0 Å². The SMILES string of the molecule is C=CN/C=C\C(=C/Cc1ccc2c(C)c(C)[nH]c2c1)C(/C=C\N=C)=NCNC1CCCCC1. The zero-order valence-electron chi connectivity index (χ0n) is 20.0. The lowest BCUT2D eigenvalue weighted by Crippen LogP contribution is -2.31. The maximum absolute atomic E-state index is 4.86. The van der Waals surface area contributed by atoms with Crippen molar-refractivity contribution in [1.82, 2.24) is 15.6 Å². The average molecular weight is 444 g/mol. The van der Waals surface area contributed by atoms with Gasteiger partial charge in [0.2, 0.25) is 0 Å². The van der Waals surface area contributed by atoms with Crippen molar-refractivity contribution >= 4 is 23.3 Å². The summed E-state index contributed by atoms with van der Waals surface area (Å²) in [5.41, 5.74) is 6.86. The number of hydrogen-bond donors (Lipinski definition) is 3. The molecule has 1 aromatic heterocycles. The van der Waals surface area contributed by atoms with Crippen LogP contribution in [0.5, 0.6) is 0 Å². The Hall–Kier alpha value is -3.18. The van der Waals surface area contributed by atoms with E-state index in [-0.39, 0.29) is 0 Å². The Kier molecular flexibility index (Phi) is 9.45. The Morgan fingerprint density at radius 3 is 2.76 bits per heavy atom. The van der Waals surface area contributed by atoms with E-state index in [0.717, 1.165) is 17.7 Å². The summed E-state index contributed by atoms with van der Waals surface area (Å²) in [6.45, 7) is 12.2. The number of aromatic nitrogens is 1. The predicted octanol–water partition coefficient (Wildman–Crippen LogP) is 6.04. The number of hydrogen-bond acceptors (Lipinski definition) is 4. The quantitative estimate of drug-likeness (QED) is 0.293. The van der Waals surface area contributed by atoms with E-state index in [0.29, 0.717) is 12.7 Å². The fourth-order valence-corrected chi connectivity index (χ4v) is 4.27. The molecule has 0 atom stereocenters. The van der Waals surface area contributed by atoms with Crippen molar-refractivity contribution in [2.75, 3.05) is 6.67 Å². The minimum absolute atomic E-state index is 0.565. The summed E-state index contributed by atoms with van der Waals surface area (Å²) in [5.74, 6) is 0. The van der Waals surface area contributed by atoms with Gasteiger partial charge >= 0.3 is 0 Å². The highest BCUT2D eigenvalue weighted by molar-refractivity contribution is 6.10. The van der Waals surface area contributed by atoms with E-state index in [9.17, 15) is 0 Å². The number of benzene rings is 1. The number of allylic oxidation sites excluding steroid dienone is 4. The first kappa shape index (κ1) is 24.5. The highest BCUT2D eigenvalue weighted by Crippen LogP contribution is 2.23. The van der Waals surface area contributed by atoms with Gasteiger partial charge in [0.15, 0.2) is 0 Å². The van der Waals surface area contributed by atoms with Gasteiger partial charge < -0.3 is 10.3 Å². The summed E-state index contributed by atoms with van der Waals surface area (Å²) in [6.07, 6.45) is 18.6. The molecule has 0 aliphatic heterocycles. The Balaban J connectivity index is 1.82. The molecule has 0 unspecified atom stereocenters. The maximum atomic E-state index is 4.86. The average Bonchev–Trinajstić information content (AvgIpc) is 3.12. The highest BCUT2D eigenvalue weighted by Gasteiger charge is 2.12. The zero-order valence-corrected chi connectivity index (χ0v) is 20.0. The summed E-state index contributed by atoms with van der Waals surface area (Å²) < 4.78 is 0. The molecule has 0 amide bonds. The van der Waals surface area contributed by atoms with Crippen LogP contribution < -0.4 is 10.6 Å². The number of nitrogens with one attached hydrogen (secondary N) is 3. The van der Waals surface area contributed by atoms with Crippen molar-refractivity contribution in [1.29, 1.82) is 0 Å². The molecule has 0 spiro atoms. The number of H-pyrrole nitrogens is 1. The molecule has 5 nitrogen and oxygen atoms in total. The van der Waals surface area contributed by atoms with E-state index in [1.807, 2.05) is 18.4 Å². The van der Waals surface area contributed by atoms with Crippen molar-refractivity contribution in [3.63, 3.8) is 0 Å². The van der Waals surface area contributed by atoms with Crippen molar-refractivity contribution in [2.45, 2.75) is 58.4 Å². The molecule has 0 bridgehead atoms. The monoisotopic (exact) mass is 443 g/mol. The van der Waals surface area contributed by atoms with E-state index >= 15 is 0 Å². The van der Waals surface area contributed by atoms with Gasteiger partial charge in [0.05, 0.1) is 12.4 Å².